The van der Waals surface area contributed by atoms with E-state index >= 15 is 0 Å². The normalized spacial score (nSPS) is 13.7. The lowest BCUT2D eigenvalue weighted by molar-refractivity contribution is 0.198. The van der Waals surface area contributed by atoms with Gasteiger partial charge in [-0.1, -0.05) is 18.2 Å². The molecule has 0 radical (unpaired) electrons. The van der Waals surface area contributed by atoms with Gasteiger partial charge in [-0.3, -0.25) is 4.98 Å². The Morgan fingerprint density at radius 2 is 2.00 bits per heavy atom. The molecule has 5 heteroatoms. The predicted octanol–water partition coefficient (Wildman–Crippen LogP) is 1.18. The Bertz CT molecular complexity index is 647. The van der Waals surface area contributed by atoms with E-state index in [2.05, 4.69) is 4.98 Å². The van der Waals surface area contributed by atoms with Crippen LogP contribution in [0.5, 0.6) is 0 Å². The van der Waals surface area contributed by atoms with Crippen molar-refractivity contribution in [2.24, 2.45) is 0 Å². The molecular formula is C13H15NO3S. The Morgan fingerprint density at radius 3 is 2.72 bits per heavy atom. The zero-order valence-electron chi connectivity index (χ0n) is 10.1. The third-order valence-electron chi connectivity index (χ3n) is 2.69. The predicted molar refractivity (Wildman–Crippen MR) is 71.2 cm³/mol. The van der Waals surface area contributed by atoms with Gasteiger partial charge in [0.15, 0.2) is 0 Å². The summed E-state index contributed by atoms with van der Waals surface area (Å²) >= 11 is 0. The molecule has 96 valence electrons. The summed E-state index contributed by atoms with van der Waals surface area (Å²) in [7, 11) is -3.16. The van der Waals surface area contributed by atoms with Crippen LogP contribution in [-0.2, 0) is 16.3 Å². The first-order valence-electron chi connectivity index (χ1n) is 5.64. The summed E-state index contributed by atoms with van der Waals surface area (Å²) in [6.07, 6.45) is 2.23. The smallest absolute Gasteiger partial charge is 0.150 e. The molecule has 18 heavy (non-hydrogen) atoms. The van der Waals surface area contributed by atoms with Crippen LogP contribution in [0.15, 0.2) is 36.5 Å². The van der Waals surface area contributed by atoms with Gasteiger partial charge in [0.2, 0.25) is 0 Å². The SMILES string of the molecule is CS(=O)(=O)CC(O)Cc1ccnc2ccccc12. The molecule has 0 saturated heterocycles. The number of nitrogens with zero attached hydrogens (tertiary/aromatic N) is 1. The average molecular weight is 265 g/mol. The highest BCUT2D eigenvalue weighted by Crippen LogP contribution is 2.17. The van der Waals surface area contributed by atoms with Crippen molar-refractivity contribution < 1.29 is 13.5 Å². The van der Waals surface area contributed by atoms with Crippen LogP contribution in [0, 0.1) is 0 Å². The summed E-state index contributed by atoms with van der Waals surface area (Å²) in [5, 5.41) is 10.7. The molecule has 1 atom stereocenters. The maximum Gasteiger partial charge on any atom is 0.150 e. The number of benzene rings is 1. The molecule has 2 rings (SSSR count). The molecule has 0 saturated carbocycles. The van der Waals surface area contributed by atoms with E-state index in [4.69, 9.17) is 0 Å². The lowest BCUT2D eigenvalue weighted by Crippen LogP contribution is -2.22. The van der Waals surface area contributed by atoms with Crippen molar-refractivity contribution in [1.29, 1.82) is 0 Å². The topological polar surface area (TPSA) is 67.3 Å². The van der Waals surface area contributed by atoms with E-state index in [9.17, 15) is 13.5 Å². The van der Waals surface area contributed by atoms with Crippen molar-refractivity contribution in [2.45, 2.75) is 12.5 Å². The fourth-order valence-electron chi connectivity index (χ4n) is 2.00. The van der Waals surface area contributed by atoms with Gasteiger partial charge in [-0.05, 0) is 17.7 Å². The highest BCUT2D eigenvalue weighted by atomic mass is 32.2. The zero-order chi connectivity index (χ0) is 13.2. The Morgan fingerprint density at radius 1 is 1.28 bits per heavy atom. The minimum atomic E-state index is -3.16. The van der Waals surface area contributed by atoms with Gasteiger partial charge < -0.3 is 5.11 Å². The molecule has 0 fully saturated rings. The summed E-state index contributed by atoms with van der Waals surface area (Å²) < 4.78 is 22.2. The number of aliphatic hydroxyl groups excluding tert-OH is 1. The third-order valence-corrected chi connectivity index (χ3v) is 3.68. The number of aromatic nitrogens is 1. The first-order valence-corrected chi connectivity index (χ1v) is 7.70. The number of hydrogen-bond donors (Lipinski definition) is 1. The van der Waals surface area contributed by atoms with E-state index < -0.39 is 15.9 Å². The standard InChI is InChI=1S/C13H15NO3S/c1-18(16,17)9-11(15)8-10-6-7-14-13-5-3-2-4-12(10)13/h2-7,11,15H,8-9H2,1H3. The van der Waals surface area contributed by atoms with Crippen molar-refractivity contribution in [2.75, 3.05) is 12.0 Å². The molecule has 0 spiro atoms. The second-order valence-corrected chi connectivity index (χ2v) is 6.62. The second kappa shape index (κ2) is 5.04. The summed E-state index contributed by atoms with van der Waals surface area (Å²) in [5.74, 6) is -0.219. The minimum absolute atomic E-state index is 0.219. The summed E-state index contributed by atoms with van der Waals surface area (Å²) in [5.41, 5.74) is 1.76. The number of hydrogen-bond acceptors (Lipinski definition) is 4. The van der Waals surface area contributed by atoms with Crippen molar-refractivity contribution in [1.82, 2.24) is 4.98 Å². The Hall–Kier alpha value is -1.46. The highest BCUT2D eigenvalue weighted by Gasteiger charge is 2.14. The first-order chi connectivity index (χ1) is 8.46. The van der Waals surface area contributed by atoms with Crippen molar-refractivity contribution in [3.05, 3.63) is 42.1 Å². The van der Waals surface area contributed by atoms with Crippen LogP contribution in [0.1, 0.15) is 5.56 Å². The third kappa shape index (κ3) is 3.27. The maximum absolute atomic E-state index is 11.1. The van der Waals surface area contributed by atoms with Crippen LogP contribution in [0.4, 0.5) is 0 Å². The largest absolute Gasteiger partial charge is 0.392 e. The van der Waals surface area contributed by atoms with Gasteiger partial charge in [0, 0.05) is 24.3 Å². The van der Waals surface area contributed by atoms with Crippen molar-refractivity contribution in [3.63, 3.8) is 0 Å². The molecule has 0 bridgehead atoms. The van der Waals surface area contributed by atoms with E-state index in [-0.39, 0.29) is 5.75 Å². The van der Waals surface area contributed by atoms with Gasteiger partial charge in [0.05, 0.1) is 17.4 Å². The van der Waals surface area contributed by atoms with Crippen LogP contribution in [0.25, 0.3) is 10.9 Å². The lowest BCUT2D eigenvalue weighted by atomic mass is 10.0. The van der Waals surface area contributed by atoms with Gasteiger partial charge in [-0.2, -0.15) is 0 Å². The quantitative estimate of drug-likeness (QED) is 0.901. The molecule has 4 nitrogen and oxygen atoms in total. The van der Waals surface area contributed by atoms with Gasteiger partial charge in [-0.25, -0.2) is 8.42 Å². The van der Waals surface area contributed by atoms with E-state index in [1.807, 2.05) is 30.3 Å². The number of para-hydroxylation sites is 1. The zero-order valence-corrected chi connectivity index (χ0v) is 10.9. The molecule has 2 aromatic rings. The fourth-order valence-corrected chi connectivity index (χ4v) is 2.81. The van der Waals surface area contributed by atoms with Crippen LogP contribution in [0.2, 0.25) is 0 Å². The number of fused-ring (bicyclic) bond motifs is 1. The summed E-state index contributed by atoms with van der Waals surface area (Å²) in [4.78, 5) is 4.22. The number of pyridine rings is 1. The van der Waals surface area contributed by atoms with E-state index in [0.717, 1.165) is 22.7 Å². The Labute approximate surface area is 106 Å². The van der Waals surface area contributed by atoms with Gasteiger partial charge in [0.25, 0.3) is 0 Å². The summed E-state index contributed by atoms with van der Waals surface area (Å²) in [6.45, 7) is 0. The van der Waals surface area contributed by atoms with Crippen LogP contribution in [0.3, 0.4) is 0 Å². The summed E-state index contributed by atoms with van der Waals surface area (Å²) in [6, 6.07) is 9.42. The molecule has 1 N–H and O–H groups in total. The highest BCUT2D eigenvalue weighted by molar-refractivity contribution is 7.90. The number of sulfone groups is 1. The van der Waals surface area contributed by atoms with E-state index in [1.165, 1.54) is 0 Å². The first kappa shape index (κ1) is 13.0. The lowest BCUT2D eigenvalue weighted by Gasteiger charge is -2.11. The molecule has 1 unspecified atom stereocenters. The van der Waals surface area contributed by atoms with E-state index in [1.54, 1.807) is 6.20 Å². The van der Waals surface area contributed by atoms with Gasteiger partial charge in [0.1, 0.15) is 9.84 Å². The van der Waals surface area contributed by atoms with Crippen LogP contribution in [-0.4, -0.2) is 36.6 Å². The molecule has 0 aliphatic heterocycles. The molecule has 1 aromatic heterocycles. The molecule has 1 aromatic carbocycles. The second-order valence-electron chi connectivity index (χ2n) is 4.44. The van der Waals surface area contributed by atoms with Crippen LogP contribution < -0.4 is 0 Å². The average Bonchev–Trinajstić information content (AvgIpc) is 2.27. The molecule has 1 heterocycles. The van der Waals surface area contributed by atoms with Crippen LogP contribution >= 0.6 is 0 Å². The number of aliphatic hydroxyl groups is 1. The van der Waals surface area contributed by atoms with Crippen molar-refractivity contribution in [3.8, 4) is 0 Å². The Balaban J connectivity index is 2.27. The van der Waals surface area contributed by atoms with Crippen molar-refractivity contribution >= 4 is 20.7 Å². The molecule has 0 aliphatic rings. The van der Waals surface area contributed by atoms with Gasteiger partial charge >= 0.3 is 0 Å². The van der Waals surface area contributed by atoms with E-state index in [0.29, 0.717) is 6.42 Å². The molecular weight excluding hydrogens is 250 g/mol. The van der Waals surface area contributed by atoms with Gasteiger partial charge in [-0.15, -0.1) is 0 Å². The monoisotopic (exact) mass is 265 g/mol. The number of rotatable bonds is 4. The molecule has 0 amide bonds. The fraction of sp³-hybridized carbons (Fsp3) is 0.308. The minimum Gasteiger partial charge on any atom is -0.392 e. The maximum atomic E-state index is 11.1. The molecule has 0 aliphatic carbocycles. The Kier molecular flexibility index (Phi) is 3.63.